The summed E-state index contributed by atoms with van der Waals surface area (Å²) in [5, 5.41) is 3.83. The van der Waals surface area contributed by atoms with E-state index in [-0.39, 0.29) is 5.41 Å². The molecule has 4 unspecified atom stereocenters. The second-order valence-corrected chi connectivity index (χ2v) is 6.39. The molecule has 0 radical (unpaired) electrons. The van der Waals surface area contributed by atoms with Crippen molar-refractivity contribution in [2.45, 2.75) is 77.2 Å². The summed E-state index contributed by atoms with van der Waals surface area (Å²) in [4.78, 5) is 0. The standard InChI is InChI=1S/C15H29NO2/c1-5-18-14-10-13(15(14,2)3)16-11-8-6-7-9-12(11)17-4/h11-14,16H,5-10H2,1-4H3. The number of ether oxygens (including phenoxy) is 2. The van der Waals surface area contributed by atoms with Crippen LogP contribution in [0.3, 0.4) is 0 Å². The average Bonchev–Trinajstić information content (AvgIpc) is 2.38. The molecular weight excluding hydrogens is 226 g/mol. The number of hydrogen-bond acceptors (Lipinski definition) is 3. The normalized spacial score (nSPS) is 39.3. The maximum absolute atomic E-state index is 5.79. The van der Waals surface area contributed by atoms with Crippen molar-refractivity contribution in [3.8, 4) is 0 Å². The lowest BCUT2D eigenvalue weighted by Gasteiger charge is -2.53. The minimum Gasteiger partial charge on any atom is -0.380 e. The summed E-state index contributed by atoms with van der Waals surface area (Å²) in [7, 11) is 1.85. The second kappa shape index (κ2) is 5.89. The van der Waals surface area contributed by atoms with Gasteiger partial charge in [0.05, 0.1) is 12.2 Å². The maximum atomic E-state index is 5.79. The van der Waals surface area contributed by atoms with Crippen LogP contribution in [0.4, 0.5) is 0 Å². The summed E-state index contributed by atoms with van der Waals surface area (Å²) in [5.74, 6) is 0. The van der Waals surface area contributed by atoms with Crippen LogP contribution in [0.1, 0.15) is 52.9 Å². The third-order valence-corrected chi connectivity index (χ3v) is 4.97. The minimum absolute atomic E-state index is 0.256. The summed E-state index contributed by atoms with van der Waals surface area (Å²) >= 11 is 0. The predicted molar refractivity (Wildman–Crippen MR) is 73.8 cm³/mol. The molecule has 0 saturated heterocycles. The van der Waals surface area contributed by atoms with E-state index in [2.05, 4.69) is 26.1 Å². The largest absolute Gasteiger partial charge is 0.380 e. The summed E-state index contributed by atoms with van der Waals surface area (Å²) < 4.78 is 11.4. The van der Waals surface area contributed by atoms with Crippen LogP contribution in [0.25, 0.3) is 0 Å². The molecule has 3 nitrogen and oxygen atoms in total. The van der Waals surface area contributed by atoms with E-state index in [9.17, 15) is 0 Å². The minimum atomic E-state index is 0.256. The van der Waals surface area contributed by atoms with Gasteiger partial charge in [-0.25, -0.2) is 0 Å². The van der Waals surface area contributed by atoms with Crippen molar-refractivity contribution in [3.63, 3.8) is 0 Å². The van der Waals surface area contributed by atoms with E-state index in [0.29, 0.717) is 24.3 Å². The van der Waals surface area contributed by atoms with Gasteiger partial charge in [-0.1, -0.05) is 26.7 Å². The van der Waals surface area contributed by atoms with Gasteiger partial charge in [0.15, 0.2) is 0 Å². The Kier molecular flexibility index (Phi) is 4.68. The third-order valence-electron chi connectivity index (χ3n) is 4.97. The van der Waals surface area contributed by atoms with Crippen LogP contribution in [0.5, 0.6) is 0 Å². The van der Waals surface area contributed by atoms with E-state index in [4.69, 9.17) is 9.47 Å². The number of nitrogens with one attached hydrogen (secondary N) is 1. The van der Waals surface area contributed by atoms with Gasteiger partial charge in [0.25, 0.3) is 0 Å². The Morgan fingerprint density at radius 3 is 2.56 bits per heavy atom. The van der Waals surface area contributed by atoms with Crippen molar-refractivity contribution in [3.05, 3.63) is 0 Å². The van der Waals surface area contributed by atoms with Gasteiger partial charge in [0.1, 0.15) is 0 Å². The molecule has 0 aromatic carbocycles. The molecule has 4 atom stereocenters. The molecule has 0 bridgehead atoms. The molecule has 18 heavy (non-hydrogen) atoms. The summed E-state index contributed by atoms with van der Waals surface area (Å²) in [6.45, 7) is 7.54. The Labute approximate surface area is 112 Å². The van der Waals surface area contributed by atoms with Crippen LogP contribution < -0.4 is 5.32 Å². The number of methoxy groups -OCH3 is 1. The van der Waals surface area contributed by atoms with Crippen LogP contribution in [0, 0.1) is 5.41 Å². The highest BCUT2D eigenvalue weighted by atomic mass is 16.5. The molecule has 2 aliphatic rings. The lowest BCUT2D eigenvalue weighted by Crippen LogP contribution is -2.64. The van der Waals surface area contributed by atoms with Gasteiger partial charge < -0.3 is 14.8 Å². The van der Waals surface area contributed by atoms with E-state index in [0.717, 1.165) is 13.0 Å². The van der Waals surface area contributed by atoms with Gasteiger partial charge in [-0.3, -0.25) is 0 Å². The molecule has 0 aromatic heterocycles. The predicted octanol–water partition coefficient (Wildman–Crippen LogP) is 2.74. The third kappa shape index (κ3) is 2.73. The van der Waals surface area contributed by atoms with E-state index in [1.807, 2.05) is 7.11 Å². The van der Waals surface area contributed by atoms with Crippen LogP contribution in [0.2, 0.25) is 0 Å². The monoisotopic (exact) mass is 255 g/mol. The summed E-state index contributed by atoms with van der Waals surface area (Å²) in [6.07, 6.45) is 7.07. The van der Waals surface area contributed by atoms with Gasteiger partial charge in [0.2, 0.25) is 0 Å². The van der Waals surface area contributed by atoms with Crippen molar-refractivity contribution in [1.29, 1.82) is 0 Å². The first-order chi connectivity index (χ1) is 8.59. The first-order valence-electron chi connectivity index (χ1n) is 7.50. The van der Waals surface area contributed by atoms with Crippen molar-refractivity contribution < 1.29 is 9.47 Å². The van der Waals surface area contributed by atoms with Crippen LogP contribution in [-0.2, 0) is 9.47 Å². The molecule has 106 valence electrons. The van der Waals surface area contributed by atoms with Crippen LogP contribution >= 0.6 is 0 Å². The van der Waals surface area contributed by atoms with Gasteiger partial charge in [-0.2, -0.15) is 0 Å². The SMILES string of the molecule is CCOC1CC(NC2CCCCC2OC)C1(C)C. The molecule has 1 N–H and O–H groups in total. The quantitative estimate of drug-likeness (QED) is 0.819. The van der Waals surface area contributed by atoms with E-state index in [1.54, 1.807) is 0 Å². The fraction of sp³-hybridized carbons (Fsp3) is 1.00. The Balaban J connectivity index is 1.86. The average molecular weight is 255 g/mol. The molecule has 0 aliphatic heterocycles. The fourth-order valence-corrected chi connectivity index (χ4v) is 3.48. The topological polar surface area (TPSA) is 30.5 Å². The maximum Gasteiger partial charge on any atom is 0.0724 e. The Morgan fingerprint density at radius 2 is 1.94 bits per heavy atom. The summed E-state index contributed by atoms with van der Waals surface area (Å²) in [5.41, 5.74) is 0.256. The Hall–Kier alpha value is -0.120. The number of hydrogen-bond donors (Lipinski definition) is 1. The molecule has 0 heterocycles. The lowest BCUT2D eigenvalue weighted by molar-refractivity contribution is -0.121. The zero-order valence-electron chi connectivity index (χ0n) is 12.4. The van der Waals surface area contributed by atoms with E-state index in [1.165, 1.54) is 25.7 Å². The first-order valence-corrected chi connectivity index (χ1v) is 7.50. The molecule has 0 spiro atoms. The fourth-order valence-electron chi connectivity index (χ4n) is 3.48. The highest BCUT2D eigenvalue weighted by Gasteiger charge is 2.49. The summed E-state index contributed by atoms with van der Waals surface area (Å²) in [6, 6.07) is 1.12. The molecule has 2 rings (SSSR count). The molecule has 2 aliphatic carbocycles. The van der Waals surface area contributed by atoms with Crippen molar-refractivity contribution in [2.75, 3.05) is 13.7 Å². The van der Waals surface area contributed by atoms with Crippen molar-refractivity contribution in [2.24, 2.45) is 5.41 Å². The molecule has 0 aromatic rings. The molecular formula is C15H29NO2. The van der Waals surface area contributed by atoms with Gasteiger partial charge >= 0.3 is 0 Å². The van der Waals surface area contributed by atoms with Crippen LogP contribution in [0.15, 0.2) is 0 Å². The molecule has 3 heteroatoms. The van der Waals surface area contributed by atoms with E-state index < -0.39 is 0 Å². The highest BCUT2D eigenvalue weighted by molar-refractivity contribution is 5.04. The molecule has 0 amide bonds. The Bertz CT molecular complexity index is 267. The number of rotatable bonds is 5. The highest BCUT2D eigenvalue weighted by Crippen LogP contribution is 2.43. The van der Waals surface area contributed by atoms with E-state index >= 15 is 0 Å². The second-order valence-electron chi connectivity index (χ2n) is 6.39. The molecule has 2 fully saturated rings. The van der Waals surface area contributed by atoms with Gasteiger partial charge in [-0.15, -0.1) is 0 Å². The molecule has 2 saturated carbocycles. The van der Waals surface area contributed by atoms with Crippen LogP contribution in [-0.4, -0.2) is 38.0 Å². The first kappa shape index (κ1) is 14.3. The smallest absolute Gasteiger partial charge is 0.0724 e. The zero-order valence-corrected chi connectivity index (χ0v) is 12.4. The zero-order chi connectivity index (χ0) is 13.2. The van der Waals surface area contributed by atoms with Gasteiger partial charge in [-0.05, 0) is 26.2 Å². The lowest BCUT2D eigenvalue weighted by atomic mass is 9.64. The van der Waals surface area contributed by atoms with Crippen molar-refractivity contribution in [1.82, 2.24) is 5.32 Å². The Morgan fingerprint density at radius 1 is 1.22 bits per heavy atom. The van der Waals surface area contributed by atoms with Gasteiger partial charge in [0, 0.05) is 31.2 Å². The van der Waals surface area contributed by atoms with Crippen molar-refractivity contribution >= 4 is 0 Å².